The number of ketones is 2. The minimum absolute atomic E-state index is 0. The first kappa shape index (κ1) is 18.4. The van der Waals surface area contributed by atoms with Crippen LogP contribution in [-0.2, 0) is 29.7 Å². The van der Waals surface area contributed by atoms with E-state index in [1.54, 1.807) is 6.20 Å². The summed E-state index contributed by atoms with van der Waals surface area (Å²) in [7, 11) is 0. The number of rotatable bonds is 2. The average Bonchev–Trinajstić information content (AvgIpc) is 2.96. The molecule has 1 aromatic heterocycles. The van der Waals surface area contributed by atoms with E-state index in [0.29, 0.717) is 6.42 Å². The van der Waals surface area contributed by atoms with E-state index in [-0.39, 0.29) is 37.6 Å². The molecule has 117 valence electrons. The van der Waals surface area contributed by atoms with Crippen molar-refractivity contribution in [3.8, 4) is 11.3 Å². The van der Waals surface area contributed by atoms with Crippen LogP contribution in [0.5, 0.6) is 0 Å². The molecule has 1 fully saturated rings. The minimum Gasteiger partial charge on any atom is -0.305 e. The molecule has 0 amide bonds. The van der Waals surface area contributed by atoms with Crippen molar-refractivity contribution in [3.05, 3.63) is 54.7 Å². The van der Waals surface area contributed by atoms with Gasteiger partial charge in [-0.05, 0) is 31.5 Å². The van der Waals surface area contributed by atoms with Crippen LogP contribution in [0.3, 0.4) is 0 Å². The van der Waals surface area contributed by atoms with E-state index in [1.165, 1.54) is 6.92 Å². The van der Waals surface area contributed by atoms with E-state index in [2.05, 4.69) is 11.1 Å². The third kappa shape index (κ3) is 5.28. The Balaban J connectivity index is 0.000000219. The number of pyridine rings is 1. The van der Waals surface area contributed by atoms with Gasteiger partial charge in [-0.3, -0.25) is 9.59 Å². The molecular formula is C18H18IrNO2-. The molecule has 0 saturated heterocycles. The van der Waals surface area contributed by atoms with Crippen LogP contribution in [0.1, 0.15) is 26.2 Å². The molecule has 1 aromatic carbocycles. The quantitative estimate of drug-likeness (QED) is 0.497. The van der Waals surface area contributed by atoms with Gasteiger partial charge in [-0.1, -0.05) is 12.1 Å². The van der Waals surface area contributed by atoms with Crippen molar-refractivity contribution in [2.45, 2.75) is 26.2 Å². The summed E-state index contributed by atoms with van der Waals surface area (Å²) in [4.78, 5) is 25.6. The Hall–Kier alpha value is -1.64. The summed E-state index contributed by atoms with van der Waals surface area (Å²) in [6, 6.07) is 16.8. The van der Waals surface area contributed by atoms with Crippen molar-refractivity contribution < 1.29 is 29.7 Å². The fourth-order valence-corrected chi connectivity index (χ4v) is 2.32. The Kier molecular flexibility index (Phi) is 7.86. The molecule has 0 aliphatic heterocycles. The summed E-state index contributed by atoms with van der Waals surface area (Å²) in [5.74, 6) is -0.0648. The first-order valence-corrected chi connectivity index (χ1v) is 7.10. The van der Waals surface area contributed by atoms with Crippen molar-refractivity contribution in [2.75, 3.05) is 0 Å². The van der Waals surface area contributed by atoms with E-state index >= 15 is 0 Å². The molecule has 1 saturated carbocycles. The van der Waals surface area contributed by atoms with Gasteiger partial charge in [0, 0.05) is 32.7 Å². The van der Waals surface area contributed by atoms with Crippen molar-refractivity contribution in [3.63, 3.8) is 0 Å². The van der Waals surface area contributed by atoms with Gasteiger partial charge in [0.2, 0.25) is 0 Å². The zero-order valence-electron chi connectivity index (χ0n) is 12.4. The molecule has 3 rings (SSSR count). The van der Waals surface area contributed by atoms with E-state index in [4.69, 9.17) is 0 Å². The minimum atomic E-state index is -0.245. The summed E-state index contributed by atoms with van der Waals surface area (Å²) in [6.45, 7) is 1.49. The normalized spacial score (nSPS) is 16.2. The van der Waals surface area contributed by atoms with Gasteiger partial charge in [-0.2, -0.15) is 0 Å². The van der Waals surface area contributed by atoms with Crippen molar-refractivity contribution in [1.29, 1.82) is 0 Å². The third-order valence-electron chi connectivity index (χ3n) is 3.45. The van der Waals surface area contributed by atoms with Crippen LogP contribution in [0.25, 0.3) is 11.3 Å². The third-order valence-corrected chi connectivity index (χ3v) is 3.45. The second kappa shape index (κ2) is 9.39. The predicted octanol–water partition coefficient (Wildman–Crippen LogP) is 3.49. The Morgan fingerprint density at radius 2 is 2.00 bits per heavy atom. The van der Waals surface area contributed by atoms with Crippen LogP contribution in [0, 0.1) is 12.0 Å². The fraction of sp³-hybridized carbons (Fsp3) is 0.278. The molecule has 1 radical (unpaired) electrons. The zero-order chi connectivity index (χ0) is 15.1. The molecule has 0 spiro atoms. The Bertz CT molecular complexity index is 561. The van der Waals surface area contributed by atoms with Gasteiger partial charge in [0.1, 0.15) is 11.6 Å². The van der Waals surface area contributed by atoms with Gasteiger partial charge < -0.3 is 4.98 Å². The summed E-state index contributed by atoms with van der Waals surface area (Å²) in [5, 5.41) is 0. The molecule has 1 unspecified atom stereocenters. The van der Waals surface area contributed by atoms with Gasteiger partial charge in [0.25, 0.3) is 0 Å². The van der Waals surface area contributed by atoms with Crippen LogP contribution in [0.2, 0.25) is 0 Å². The molecule has 3 nitrogen and oxygen atoms in total. The number of hydrogen-bond acceptors (Lipinski definition) is 3. The van der Waals surface area contributed by atoms with Crippen molar-refractivity contribution in [2.24, 2.45) is 5.92 Å². The molecule has 1 atom stereocenters. The van der Waals surface area contributed by atoms with Gasteiger partial charge in [-0.15, -0.1) is 35.9 Å². The second-order valence-electron chi connectivity index (χ2n) is 5.01. The van der Waals surface area contributed by atoms with Crippen LogP contribution in [0.15, 0.2) is 48.7 Å². The van der Waals surface area contributed by atoms with Gasteiger partial charge >= 0.3 is 0 Å². The maximum atomic E-state index is 10.8. The van der Waals surface area contributed by atoms with E-state index in [9.17, 15) is 9.59 Å². The topological polar surface area (TPSA) is 47.0 Å². The fourth-order valence-electron chi connectivity index (χ4n) is 2.32. The summed E-state index contributed by atoms with van der Waals surface area (Å²) >= 11 is 0. The number of benzene rings is 1. The van der Waals surface area contributed by atoms with E-state index < -0.39 is 0 Å². The number of aromatic nitrogens is 1. The smallest absolute Gasteiger partial charge is 0.143 e. The van der Waals surface area contributed by atoms with Gasteiger partial charge in [0.15, 0.2) is 0 Å². The molecule has 2 aromatic rings. The van der Waals surface area contributed by atoms with E-state index in [1.807, 2.05) is 42.5 Å². The number of nitrogens with zero attached hydrogens (tertiary/aromatic N) is 1. The van der Waals surface area contributed by atoms with Gasteiger partial charge in [0.05, 0.1) is 5.92 Å². The number of carbonyl (C=O) groups excluding carboxylic acids is 2. The SMILES string of the molecule is CC(=O)C1CCCC1=O.[Ir].[c-]1ccccc1-c1ccccn1. The Morgan fingerprint density at radius 1 is 1.23 bits per heavy atom. The van der Waals surface area contributed by atoms with Crippen molar-refractivity contribution >= 4 is 11.6 Å². The monoisotopic (exact) mass is 473 g/mol. The molecule has 4 heteroatoms. The standard InChI is InChI=1S/C11H8N.C7H10O2.Ir/c1-2-6-10(7-3-1)11-8-4-5-9-12-11;1-5(8)6-3-2-4-7(6)9;/h1-6,8-9H;6H,2-4H2,1H3;/q-1;;. The molecule has 0 bridgehead atoms. The number of Topliss-reactive ketones (excluding diaryl/α,β-unsaturated/α-hetero) is 2. The predicted molar refractivity (Wildman–Crippen MR) is 81.5 cm³/mol. The number of carbonyl (C=O) groups is 2. The maximum Gasteiger partial charge on any atom is 0.143 e. The zero-order valence-corrected chi connectivity index (χ0v) is 14.8. The number of hydrogen-bond donors (Lipinski definition) is 0. The molecule has 0 N–H and O–H groups in total. The first-order valence-electron chi connectivity index (χ1n) is 7.10. The van der Waals surface area contributed by atoms with E-state index in [0.717, 1.165) is 24.1 Å². The molecule has 22 heavy (non-hydrogen) atoms. The Labute approximate surface area is 144 Å². The summed E-state index contributed by atoms with van der Waals surface area (Å²) < 4.78 is 0. The largest absolute Gasteiger partial charge is 0.305 e. The Morgan fingerprint density at radius 3 is 2.45 bits per heavy atom. The summed E-state index contributed by atoms with van der Waals surface area (Å²) in [6.07, 6.45) is 4.09. The van der Waals surface area contributed by atoms with Crippen LogP contribution in [-0.4, -0.2) is 16.6 Å². The molecular weight excluding hydrogens is 454 g/mol. The summed E-state index contributed by atoms with van der Waals surface area (Å²) in [5.41, 5.74) is 2.01. The second-order valence-corrected chi connectivity index (χ2v) is 5.01. The van der Waals surface area contributed by atoms with Gasteiger partial charge in [-0.25, -0.2) is 0 Å². The van der Waals surface area contributed by atoms with Crippen molar-refractivity contribution in [1.82, 2.24) is 4.98 Å². The molecule has 1 aliphatic carbocycles. The average molecular weight is 473 g/mol. The first-order chi connectivity index (χ1) is 10.2. The molecule has 1 aliphatic rings. The van der Waals surface area contributed by atoms with Crippen LogP contribution in [0.4, 0.5) is 0 Å². The van der Waals surface area contributed by atoms with Crippen LogP contribution >= 0.6 is 0 Å². The maximum absolute atomic E-state index is 10.8. The molecule has 1 heterocycles. The van der Waals surface area contributed by atoms with Crippen LogP contribution < -0.4 is 0 Å².